The normalized spacial score (nSPS) is 20.5. The lowest BCUT2D eigenvalue weighted by molar-refractivity contribution is 0.260. The molecule has 1 fully saturated rings. The Morgan fingerprint density at radius 1 is 1.53 bits per heavy atom. The average molecular weight is 226 g/mol. The van der Waals surface area contributed by atoms with Gasteiger partial charge in [-0.25, -0.2) is 0 Å². The van der Waals surface area contributed by atoms with Gasteiger partial charge in [-0.05, 0) is 43.7 Å². The predicted octanol–water partition coefficient (Wildman–Crippen LogP) is 2.64. The highest BCUT2D eigenvalue weighted by Crippen LogP contribution is 2.21. The molecular formula is C12H16ClNO. The van der Waals surface area contributed by atoms with Gasteiger partial charge in [-0.15, -0.1) is 0 Å². The van der Waals surface area contributed by atoms with E-state index in [0.29, 0.717) is 5.92 Å². The highest BCUT2D eigenvalue weighted by molar-refractivity contribution is 6.31. The van der Waals surface area contributed by atoms with Crippen LogP contribution in [-0.2, 0) is 0 Å². The molecule has 0 aromatic heterocycles. The van der Waals surface area contributed by atoms with E-state index in [9.17, 15) is 0 Å². The lowest BCUT2D eigenvalue weighted by Crippen LogP contribution is -2.15. The second kappa shape index (κ2) is 4.86. The minimum Gasteiger partial charge on any atom is -0.493 e. The molecule has 3 heteroatoms. The number of benzene rings is 1. The van der Waals surface area contributed by atoms with Crippen LogP contribution in [0.4, 0.5) is 0 Å². The maximum atomic E-state index is 5.94. The summed E-state index contributed by atoms with van der Waals surface area (Å²) in [4.78, 5) is 0. The van der Waals surface area contributed by atoms with E-state index >= 15 is 0 Å². The molecule has 0 amide bonds. The van der Waals surface area contributed by atoms with Crippen LogP contribution in [0.5, 0.6) is 5.75 Å². The summed E-state index contributed by atoms with van der Waals surface area (Å²) >= 11 is 5.94. The van der Waals surface area contributed by atoms with Crippen molar-refractivity contribution in [3.8, 4) is 5.75 Å². The maximum absolute atomic E-state index is 5.94. The Balaban J connectivity index is 1.90. The Hall–Kier alpha value is -0.730. The molecule has 1 aliphatic heterocycles. The van der Waals surface area contributed by atoms with Crippen LogP contribution in [0, 0.1) is 12.8 Å². The number of ether oxygens (including phenoxy) is 1. The second-order valence-corrected chi connectivity index (χ2v) is 4.49. The van der Waals surface area contributed by atoms with Crippen LogP contribution in [0.15, 0.2) is 18.2 Å². The zero-order chi connectivity index (χ0) is 10.7. The predicted molar refractivity (Wildman–Crippen MR) is 62.7 cm³/mol. The van der Waals surface area contributed by atoms with E-state index in [0.717, 1.165) is 36.0 Å². The summed E-state index contributed by atoms with van der Waals surface area (Å²) in [5, 5.41) is 4.12. The first kappa shape index (κ1) is 10.8. The molecule has 1 saturated heterocycles. The standard InChI is InChI=1S/C12H16ClNO/c1-9-6-11(2-3-12(9)13)15-8-10-4-5-14-7-10/h2-3,6,10,14H,4-5,7-8H2,1H3. The van der Waals surface area contributed by atoms with Crippen molar-refractivity contribution >= 4 is 11.6 Å². The Morgan fingerprint density at radius 3 is 3.07 bits per heavy atom. The molecule has 1 atom stereocenters. The molecule has 2 rings (SSSR count). The van der Waals surface area contributed by atoms with Crippen LogP contribution >= 0.6 is 11.6 Å². The smallest absolute Gasteiger partial charge is 0.119 e. The molecule has 1 unspecified atom stereocenters. The first-order valence-electron chi connectivity index (χ1n) is 5.35. The Kier molecular flexibility index (Phi) is 3.49. The molecule has 1 aromatic rings. The van der Waals surface area contributed by atoms with Crippen molar-refractivity contribution in [1.29, 1.82) is 0 Å². The van der Waals surface area contributed by atoms with Gasteiger partial charge >= 0.3 is 0 Å². The van der Waals surface area contributed by atoms with E-state index in [1.165, 1.54) is 6.42 Å². The van der Waals surface area contributed by atoms with Gasteiger partial charge in [0.25, 0.3) is 0 Å². The third kappa shape index (κ3) is 2.86. The van der Waals surface area contributed by atoms with Gasteiger partial charge in [0.1, 0.15) is 5.75 Å². The Labute approximate surface area is 95.6 Å². The van der Waals surface area contributed by atoms with Gasteiger partial charge in [0.15, 0.2) is 0 Å². The van der Waals surface area contributed by atoms with E-state index in [-0.39, 0.29) is 0 Å². The summed E-state index contributed by atoms with van der Waals surface area (Å²) < 4.78 is 5.73. The summed E-state index contributed by atoms with van der Waals surface area (Å²) in [5.74, 6) is 1.57. The third-order valence-corrected chi connectivity index (χ3v) is 3.20. The first-order chi connectivity index (χ1) is 7.25. The molecule has 0 saturated carbocycles. The average Bonchev–Trinajstić information content (AvgIpc) is 2.73. The van der Waals surface area contributed by atoms with Gasteiger partial charge in [-0.1, -0.05) is 11.6 Å². The third-order valence-electron chi connectivity index (χ3n) is 2.78. The van der Waals surface area contributed by atoms with E-state index in [4.69, 9.17) is 16.3 Å². The SMILES string of the molecule is Cc1cc(OCC2CCNC2)ccc1Cl. The van der Waals surface area contributed by atoms with Crippen molar-refractivity contribution in [2.45, 2.75) is 13.3 Å². The van der Waals surface area contributed by atoms with E-state index in [2.05, 4.69) is 5.32 Å². The lowest BCUT2D eigenvalue weighted by Gasteiger charge is -2.11. The molecule has 1 aliphatic rings. The second-order valence-electron chi connectivity index (χ2n) is 4.08. The van der Waals surface area contributed by atoms with Gasteiger partial charge in [0.05, 0.1) is 6.61 Å². The number of nitrogens with one attached hydrogen (secondary N) is 1. The van der Waals surface area contributed by atoms with Crippen LogP contribution in [0.1, 0.15) is 12.0 Å². The largest absolute Gasteiger partial charge is 0.493 e. The molecule has 0 spiro atoms. The van der Waals surface area contributed by atoms with Crippen LogP contribution in [0.25, 0.3) is 0 Å². The number of rotatable bonds is 3. The maximum Gasteiger partial charge on any atom is 0.119 e. The quantitative estimate of drug-likeness (QED) is 0.854. The summed E-state index contributed by atoms with van der Waals surface area (Å²) in [6.07, 6.45) is 1.21. The van der Waals surface area contributed by atoms with Crippen molar-refractivity contribution in [3.63, 3.8) is 0 Å². The highest BCUT2D eigenvalue weighted by Gasteiger charge is 2.14. The van der Waals surface area contributed by atoms with Crippen molar-refractivity contribution in [2.75, 3.05) is 19.7 Å². The summed E-state index contributed by atoms with van der Waals surface area (Å²) in [6, 6.07) is 5.81. The van der Waals surface area contributed by atoms with Gasteiger partial charge < -0.3 is 10.1 Å². The summed E-state index contributed by atoms with van der Waals surface area (Å²) in [6.45, 7) is 4.99. The molecule has 0 bridgehead atoms. The Morgan fingerprint density at radius 2 is 2.40 bits per heavy atom. The fourth-order valence-electron chi connectivity index (χ4n) is 1.78. The zero-order valence-corrected chi connectivity index (χ0v) is 9.68. The fourth-order valence-corrected chi connectivity index (χ4v) is 1.90. The Bertz CT molecular complexity index is 334. The monoisotopic (exact) mass is 225 g/mol. The molecular weight excluding hydrogens is 210 g/mol. The topological polar surface area (TPSA) is 21.3 Å². The summed E-state index contributed by atoms with van der Waals surface area (Å²) in [7, 11) is 0. The van der Waals surface area contributed by atoms with Crippen LogP contribution < -0.4 is 10.1 Å². The van der Waals surface area contributed by atoms with Gasteiger partial charge in [-0.3, -0.25) is 0 Å². The van der Waals surface area contributed by atoms with Crippen molar-refractivity contribution in [3.05, 3.63) is 28.8 Å². The minimum absolute atomic E-state index is 0.654. The molecule has 82 valence electrons. The van der Waals surface area contributed by atoms with E-state index < -0.39 is 0 Å². The number of halogens is 1. The molecule has 0 aliphatic carbocycles. The van der Waals surface area contributed by atoms with Crippen LogP contribution in [0.2, 0.25) is 5.02 Å². The minimum atomic E-state index is 0.654. The number of hydrogen-bond acceptors (Lipinski definition) is 2. The van der Waals surface area contributed by atoms with Crippen molar-refractivity contribution in [2.24, 2.45) is 5.92 Å². The molecule has 1 aromatic carbocycles. The van der Waals surface area contributed by atoms with Crippen LogP contribution in [0.3, 0.4) is 0 Å². The molecule has 2 nitrogen and oxygen atoms in total. The van der Waals surface area contributed by atoms with Gasteiger partial charge in [0.2, 0.25) is 0 Å². The molecule has 15 heavy (non-hydrogen) atoms. The lowest BCUT2D eigenvalue weighted by atomic mass is 10.1. The fraction of sp³-hybridized carbons (Fsp3) is 0.500. The van der Waals surface area contributed by atoms with Gasteiger partial charge in [0, 0.05) is 17.5 Å². The number of aryl methyl sites for hydroxylation is 1. The van der Waals surface area contributed by atoms with E-state index in [1.807, 2.05) is 25.1 Å². The summed E-state index contributed by atoms with van der Waals surface area (Å²) in [5.41, 5.74) is 1.07. The molecule has 0 radical (unpaired) electrons. The van der Waals surface area contributed by atoms with Crippen LogP contribution in [-0.4, -0.2) is 19.7 Å². The van der Waals surface area contributed by atoms with Crippen molar-refractivity contribution < 1.29 is 4.74 Å². The molecule has 1 heterocycles. The van der Waals surface area contributed by atoms with Crippen molar-refractivity contribution in [1.82, 2.24) is 5.32 Å². The van der Waals surface area contributed by atoms with E-state index in [1.54, 1.807) is 0 Å². The van der Waals surface area contributed by atoms with Gasteiger partial charge in [-0.2, -0.15) is 0 Å². The first-order valence-corrected chi connectivity index (χ1v) is 5.73. The highest BCUT2D eigenvalue weighted by atomic mass is 35.5. The number of hydrogen-bond donors (Lipinski definition) is 1. The molecule has 1 N–H and O–H groups in total. The zero-order valence-electron chi connectivity index (χ0n) is 8.92.